The van der Waals surface area contributed by atoms with Gasteiger partial charge >= 0.3 is 0 Å². The van der Waals surface area contributed by atoms with Gasteiger partial charge in [0.15, 0.2) is 0 Å². The van der Waals surface area contributed by atoms with Crippen LogP contribution in [0.15, 0.2) is 47.6 Å². The minimum absolute atomic E-state index is 0.0385. The van der Waals surface area contributed by atoms with Gasteiger partial charge in [0, 0.05) is 41.7 Å². The lowest BCUT2D eigenvalue weighted by Gasteiger charge is -2.42. The van der Waals surface area contributed by atoms with E-state index < -0.39 is 29.3 Å². The van der Waals surface area contributed by atoms with E-state index in [2.05, 4.69) is 19.2 Å². The van der Waals surface area contributed by atoms with E-state index in [-0.39, 0.29) is 36.4 Å². The van der Waals surface area contributed by atoms with E-state index >= 15 is 0 Å². The molecule has 0 bridgehead atoms. The van der Waals surface area contributed by atoms with Crippen molar-refractivity contribution in [2.45, 2.75) is 65.9 Å². The maximum atomic E-state index is 13.7. The van der Waals surface area contributed by atoms with E-state index in [0.29, 0.717) is 30.6 Å². The van der Waals surface area contributed by atoms with Gasteiger partial charge in [-0.2, -0.15) is 0 Å². The van der Waals surface area contributed by atoms with Crippen LogP contribution in [0, 0.1) is 17.3 Å². The van der Waals surface area contributed by atoms with Crippen molar-refractivity contribution in [3.63, 3.8) is 0 Å². The number of hydrogen-bond acceptors (Lipinski definition) is 5. The van der Waals surface area contributed by atoms with Crippen LogP contribution in [0.2, 0.25) is 5.02 Å². The fourth-order valence-corrected chi connectivity index (χ4v) is 5.29. The fourth-order valence-electron chi connectivity index (χ4n) is 5.16. The summed E-state index contributed by atoms with van der Waals surface area (Å²) < 4.78 is 0. The molecule has 1 aromatic carbocycles. The first-order chi connectivity index (χ1) is 18.4. The quantitative estimate of drug-likeness (QED) is 0.230. The predicted octanol–water partition coefficient (Wildman–Crippen LogP) is 3.36. The Kier molecular flexibility index (Phi) is 12.7. The van der Waals surface area contributed by atoms with Crippen LogP contribution >= 0.6 is 11.6 Å². The van der Waals surface area contributed by atoms with Gasteiger partial charge in [0.2, 0.25) is 17.7 Å². The van der Waals surface area contributed by atoms with Crippen molar-refractivity contribution in [1.82, 2.24) is 10.2 Å². The number of nitrogens with zero attached hydrogens (tertiary/aromatic N) is 1. The average Bonchev–Trinajstić information content (AvgIpc) is 2.89. The summed E-state index contributed by atoms with van der Waals surface area (Å²) in [6.07, 6.45) is 4.60. The third kappa shape index (κ3) is 8.92. The molecule has 0 aromatic heterocycles. The van der Waals surface area contributed by atoms with Crippen molar-refractivity contribution < 1.29 is 19.5 Å². The summed E-state index contributed by atoms with van der Waals surface area (Å²) in [4.78, 5) is 41.2. The number of amides is 3. The zero-order chi connectivity index (χ0) is 29.2. The third-order valence-electron chi connectivity index (χ3n) is 7.26. The molecule has 1 aromatic rings. The number of nitrogens with one attached hydrogen (secondary N) is 1. The van der Waals surface area contributed by atoms with E-state index in [4.69, 9.17) is 23.1 Å². The summed E-state index contributed by atoms with van der Waals surface area (Å²) in [5, 5.41) is 15.4. The van der Waals surface area contributed by atoms with Crippen molar-refractivity contribution in [3.05, 3.63) is 58.1 Å². The topological polar surface area (TPSA) is 139 Å². The van der Waals surface area contributed by atoms with E-state index in [1.54, 1.807) is 17.0 Å². The number of carbonyl (C=O) groups is 3. The standard InChI is InChI=1S/C30H45ClN4O4/c1-5-13-35(14-6-2)28(38)23-16-22(27(32)37)17-30(18-23,29(33)39)25(15-21-7-9-24(31)10-8-21)26(36)19-34-12-11-20(3)4/h7-10,16-17,20,25-26,34,36H,5-6,11-15,18-19H2,1-4H3,(H2,32,37)(H2,33,39)/t25-,26+,30?/m1/s1. The van der Waals surface area contributed by atoms with E-state index in [1.165, 1.54) is 12.2 Å². The van der Waals surface area contributed by atoms with Crippen LogP contribution in [0.5, 0.6) is 0 Å². The van der Waals surface area contributed by atoms with Crippen LogP contribution < -0.4 is 16.8 Å². The highest BCUT2D eigenvalue weighted by molar-refractivity contribution is 6.30. The Morgan fingerprint density at radius 3 is 2.23 bits per heavy atom. The lowest BCUT2D eigenvalue weighted by molar-refractivity contribution is -0.132. The zero-order valence-corrected chi connectivity index (χ0v) is 24.5. The average molecular weight is 561 g/mol. The van der Waals surface area contributed by atoms with E-state index in [1.807, 2.05) is 26.0 Å². The van der Waals surface area contributed by atoms with Gasteiger partial charge < -0.3 is 26.8 Å². The number of rotatable bonds is 16. The summed E-state index contributed by atoms with van der Waals surface area (Å²) in [5.41, 5.74) is 11.4. The minimum atomic E-state index is -1.52. The number of primary amides is 2. The Morgan fingerprint density at radius 2 is 1.72 bits per heavy atom. The Bertz CT molecular complexity index is 1050. The zero-order valence-electron chi connectivity index (χ0n) is 23.7. The molecule has 0 saturated carbocycles. The first kappa shape index (κ1) is 32.5. The van der Waals surface area contributed by atoms with Gasteiger partial charge in [-0.3, -0.25) is 14.4 Å². The van der Waals surface area contributed by atoms with Gasteiger partial charge in [0.25, 0.3) is 0 Å². The molecule has 0 fully saturated rings. The van der Waals surface area contributed by atoms with Crippen LogP contribution in [0.25, 0.3) is 0 Å². The smallest absolute Gasteiger partial charge is 0.249 e. The molecule has 2 rings (SSSR count). The Balaban J connectivity index is 2.58. The molecule has 6 N–H and O–H groups in total. The van der Waals surface area contributed by atoms with Crippen LogP contribution in [0.1, 0.15) is 58.9 Å². The molecule has 0 radical (unpaired) electrons. The van der Waals surface area contributed by atoms with Crippen LogP contribution in [0.4, 0.5) is 0 Å². The lowest BCUT2D eigenvalue weighted by atomic mass is 9.63. The maximum absolute atomic E-state index is 13.7. The highest BCUT2D eigenvalue weighted by atomic mass is 35.5. The number of carbonyl (C=O) groups excluding carboxylic acids is 3. The van der Waals surface area contributed by atoms with Crippen molar-refractivity contribution in [2.24, 2.45) is 28.7 Å². The second kappa shape index (κ2) is 15.2. The van der Waals surface area contributed by atoms with Gasteiger partial charge in [-0.05, 0) is 68.3 Å². The summed E-state index contributed by atoms with van der Waals surface area (Å²) in [6, 6.07) is 7.14. The van der Waals surface area contributed by atoms with Crippen molar-refractivity contribution in [1.29, 1.82) is 0 Å². The molecular formula is C30H45ClN4O4. The highest BCUT2D eigenvalue weighted by Crippen LogP contribution is 2.44. The summed E-state index contributed by atoms with van der Waals surface area (Å²) in [7, 11) is 0. The van der Waals surface area contributed by atoms with Crippen molar-refractivity contribution in [2.75, 3.05) is 26.2 Å². The molecule has 9 heteroatoms. The largest absolute Gasteiger partial charge is 0.391 e. The SMILES string of the molecule is CCCN(CCC)C(=O)C1=CC(C(N)=O)=CC(C(N)=O)([C@H](Cc2ccc(Cl)cc2)[C@@H](O)CNCCC(C)C)C1. The van der Waals surface area contributed by atoms with Crippen LogP contribution in [-0.2, 0) is 20.8 Å². The Morgan fingerprint density at radius 1 is 1.10 bits per heavy atom. The molecule has 0 spiro atoms. The minimum Gasteiger partial charge on any atom is -0.391 e. The number of nitrogens with two attached hydrogens (primary N) is 2. The second-order valence-corrected chi connectivity index (χ2v) is 11.3. The molecule has 1 aliphatic rings. The van der Waals surface area contributed by atoms with Crippen molar-refractivity contribution in [3.8, 4) is 0 Å². The lowest BCUT2D eigenvalue weighted by Crippen LogP contribution is -2.52. The van der Waals surface area contributed by atoms with Crippen LogP contribution in [-0.4, -0.2) is 60.0 Å². The Hall–Kier alpha value is -2.68. The second-order valence-electron chi connectivity index (χ2n) is 10.9. The maximum Gasteiger partial charge on any atom is 0.249 e. The normalized spacial score (nSPS) is 18.7. The predicted molar refractivity (Wildman–Crippen MR) is 156 cm³/mol. The molecule has 0 aliphatic heterocycles. The van der Waals surface area contributed by atoms with Gasteiger partial charge in [-0.15, -0.1) is 0 Å². The van der Waals surface area contributed by atoms with Gasteiger partial charge in [0.05, 0.1) is 11.5 Å². The molecule has 39 heavy (non-hydrogen) atoms. The monoisotopic (exact) mass is 560 g/mol. The molecule has 3 amide bonds. The summed E-state index contributed by atoms with van der Waals surface area (Å²) in [6.45, 7) is 10.2. The fraction of sp³-hybridized carbons (Fsp3) is 0.567. The summed E-state index contributed by atoms with van der Waals surface area (Å²) in [5.74, 6) is -2.01. The van der Waals surface area contributed by atoms with Gasteiger partial charge in [-0.1, -0.05) is 57.5 Å². The van der Waals surface area contributed by atoms with Gasteiger partial charge in [0.1, 0.15) is 0 Å². The van der Waals surface area contributed by atoms with Gasteiger partial charge in [-0.25, -0.2) is 0 Å². The molecular weight excluding hydrogens is 516 g/mol. The number of halogens is 1. The first-order valence-electron chi connectivity index (χ1n) is 13.9. The molecule has 216 valence electrons. The molecule has 0 heterocycles. The number of hydrogen-bond donors (Lipinski definition) is 4. The molecule has 0 saturated heterocycles. The highest BCUT2D eigenvalue weighted by Gasteiger charge is 2.49. The summed E-state index contributed by atoms with van der Waals surface area (Å²) >= 11 is 6.09. The molecule has 1 unspecified atom stereocenters. The third-order valence-corrected chi connectivity index (χ3v) is 7.52. The molecule has 3 atom stereocenters. The first-order valence-corrected chi connectivity index (χ1v) is 14.3. The van der Waals surface area contributed by atoms with E-state index in [0.717, 1.165) is 24.8 Å². The Labute approximate surface area is 237 Å². The number of aliphatic hydroxyl groups excluding tert-OH is 1. The van der Waals surface area contributed by atoms with E-state index in [9.17, 15) is 19.5 Å². The number of aliphatic hydroxyl groups is 1. The number of benzene rings is 1. The molecule has 8 nitrogen and oxygen atoms in total. The van der Waals surface area contributed by atoms with Crippen LogP contribution in [0.3, 0.4) is 0 Å². The van der Waals surface area contributed by atoms with Crippen molar-refractivity contribution >= 4 is 29.3 Å². The molecule has 1 aliphatic carbocycles.